The molecule has 2 aromatic heterocycles. The molecule has 14 heavy (non-hydrogen) atoms. The minimum atomic E-state index is -0.870. The number of rotatable bonds is 0. The first-order valence-corrected chi connectivity index (χ1v) is 4.22. The normalized spacial score (nSPS) is 24.4. The van der Waals surface area contributed by atoms with Crippen LogP contribution in [0, 0.1) is 0 Å². The lowest BCUT2D eigenvalue weighted by Crippen LogP contribution is -2.29. The van der Waals surface area contributed by atoms with Crippen LogP contribution in [0.1, 0.15) is 23.8 Å². The predicted molar refractivity (Wildman–Crippen MR) is 45.2 cm³/mol. The average Bonchev–Trinajstić information content (AvgIpc) is 2.82. The summed E-state index contributed by atoms with van der Waals surface area (Å²) < 4.78 is 2.75. The number of aromatic nitrogens is 4. The van der Waals surface area contributed by atoms with E-state index >= 15 is 0 Å². The van der Waals surface area contributed by atoms with Crippen molar-refractivity contribution in [1.29, 1.82) is 0 Å². The van der Waals surface area contributed by atoms with Crippen LogP contribution in [0.3, 0.4) is 0 Å². The van der Waals surface area contributed by atoms with Gasteiger partial charge in [0.15, 0.2) is 12.5 Å². The highest BCUT2D eigenvalue weighted by Gasteiger charge is 2.30. The number of aliphatic hydroxyl groups excluding tert-OH is 2. The Morgan fingerprint density at radius 3 is 1.79 bits per heavy atom. The maximum atomic E-state index is 9.84. The summed E-state index contributed by atoms with van der Waals surface area (Å²) in [5, 5.41) is 27.5. The Bertz CT molecular complexity index is 394. The highest BCUT2D eigenvalue weighted by molar-refractivity contribution is 5.17. The molecule has 0 aliphatic carbocycles. The van der Waals surface area contributed by atoms with Gasteiger partial charge in [0.2, 0.25) is 0 Å². The molecule has 2 N–H and O–H groups in total. The lowest BCUT2D eigenvalue weighted by molar-refractivity contribution is 0.0426. The lowest BCUT2D eigenvalue weighted by Gasteiger charge is -2.25. The SMILES string of the molecule is O[C@@H]1c2ccnn2[C@@H](O)c2ccnn21. The first-order valence-electron chi connectivity index (χ1n) is 4.22. The van der Waals surface area contributed by atoms with Crippen molar-refractivity contribution in [2.24, 2.45) is 0 Å². The van der Waals surface area contributed by atoms with E-state index in [2.05, 4.69) is 10.2 Å². The predicted octanol–water partition coefficient (Wildman–Crippen LogP) is -0.529. The van der Waals surface area contributed by atoms with Gasteiger partial charge in [0.1, 0.15) is 0 Å². The maximum Gasteiger partial charge on any atom is 0.190 e. The number of aliphatic hydroxyl groups is 2. The first-order chi connectivity index (χ1) is 6.79. The molecular weight excluding hydrogens is 184 g/mol. The minimum Gasteiger partial charge on any atom is -0.367 e. The third kappa shape index (κ3) is 0.765. The second-order valence-electron chi connectivity index (χ2n) is 3.15. The first kappa shape index (κ1) is 7.72. The van der Waals surface area contributed by atoms with Gasteiger partial charge in [-0.1, -0.05) is 0 Å². The standard InChI is InChI=1S/C8H8N4O2/c13-7-5-1-3-9-11(5)8(14)6-2-4-10-12(6)7/h1-4,7-8,13-14H/t7-,8+. The number of nitrogens with zero attached hydrogens (tertiary/aromatic N) is 4. The van der Waals surface area contributed by atoms with Crippen molar-refractivity contribution in [2.45, 2.75) is 12.5 Å². The van der Waals surface area contributed by atoms with Crippen LogP contribution in [0.5, 0.6) is 0 Å². The fraction of sp³-hybridized carbons (Fsp3) is 0.250. The van der Waals surface area contributed by atoms with Crippen molar-refractivity contribution in [3.05, 3.63) is 35.9 Å². The number of hydrogen-bond acceptors (Lipinski definition) is 4. The third-order valence-corrected chi connectivity index (χ3v) is 2.39. The van der Waals surface area contributed by atoms with E-state index in [1.165, 1.54) is 21.8 Å². The Hall–Kier alpha value is -1.66. The van der Waals surface area contributed by atoms with E-state index < -0.39 is 12.5 Å². The molecule has 0 saturated heterocycles. The molecule has 72 valence electrons. The second-order valence-corrected chi connectivity index (χ2v) is 3.15. The monoisotopic (exact) mass is 192 g/mol. The topological polar surface area (TPSA) is 76.1 Å². The Morgan fingerprint density at radius 2 is 1.36 bits per heavy atom. The molecule has 0 bridgehead atoms. The van der Waals surface area contributed by atoms with Crippen molar-refractivity contribution in [3.8, 4) is 0 Å². The molecule has 0 radical (unpaired) electrons. The third-order valence-electron chi connectivity index (χ3n) is 2.39. The van der Waals surface area contributed by atoms with Crippen LogP contribution in [-0.2, 0) is 0 Å². The summed E-state index contributed by atoms with van der Waals surface area (Å²) in [6.07, 6.45) is 1.33. The Labute approximate surface area is 79.0 Å². The van der Waals surface area contributed by atoms with E-state index in [-0.39, 0.29) is 0 Å². The van der Waals surface area contributed by atoms with Crippen molar-refractivity contribution in [1.82, 2.24) is 19.6 Å². The fourth-order valence-corrected chi connectivity index (χ4v) is 1.72. The summed E-state index contributed by atoms with van der Waals surface area (Å²) in [6, 6.07) is 3.30. The summed E-state index contributed by atoms with van der Waals surface area (Å²) in [5.41, 5.74) is 1.07. The summed E-state index contributed by atoms with van der Waals surface area (Å²) in [6.45, 7) is 0. The van der Waals surface area contributed by atoms with Crippen molar-refractivity contribution < 1.29 is 10.2 Å². The molecule has 1 aliphatic heterocycles. The molecule has 3 heterocycles. The molecule has 2 atom stereocenters. The summed E-state index contributed by atoms with van der Waals surface area (Å²) in [5.74, 6) is 0. The molecule has 0 fully saturated rings. The smallest absolute Gasteiger partial charge is 0.190 e. The molecule has 0 aromatic carbocycles. The van der Waals surface area contributed by atoms with Gasteiger partial charge in [-0.15, -0.1) is 0 Å². The van der Waals surface area contributed by atoms with Gasteiger partial charge >= 0.3 is 0 Å². The van der Waals surface area contributed by atoms with E-state index in [0.29, 0.717) is 11.4 Å². The van der Waals surface area contributed by atoms with Crippen LogP contribution in [0.4, 0.5) is 0 Å². The quantitative estimate of drug-likeness (QED) is 0.588. The molecule has 0 saturated carbocycles. The summed E-state index contributed by atoms with van der Waals surface area (Å²) in [7, 11) is 0. The zero-order valence-electron chi connectivity index (χ0n) is 7.15. The van der Waals surface area contributed by atoms with E-state index in [0.717, 1.165) is 0 Å². The fourth-order valence-electron chi connectivity index (χ4n) is 1.72. The van der Waals surface area contributed by atoms with Crippen LogP contribution in [0.25, 0.3) is 0 Å². The Kier molecular flexibility index (Phi) is 1.34. The number of fused-ring (bicyclic) bond motifs is 2. The number of hydrogen-bond donors (Lipinski definition) is 2. The maximum absolute atomic E-state index is 9.84. The zero-order chi connectivity index (χ0) is 9.71. The van der Waals surface area contributed by atoms with Crippen molar-refractivity contribution in [3.63, 3.8) is 0 Å². The molecule has 3 rings (SSSR count). The lowest BCUT2D eigenvalue weighted by atomic mass is 10.2. The Balaban J connectivity index is 2.26. The molecule has 1 aliphatic rings. The van der Waals surface area contributed by atoms with Gasteiger partial charge in [0.25, 0.3) is 0 Å². The highest BCUT2D eigenvalue weighted by Crippen LogP contribution is 2.28. The van der Waals surface area contributed by atoms with Gasteiger partial charge in [0.05, 0.1) is 11.4 Å². The van der Waals surface area contributed by atoms with E-state index in [1.54, 1.807) is 12.1 Å². The summed E-state index contributed by atoms with van der Waals surface area (Å²) >= 11 is 0. The van der Waals surface area contributed by atoms with Gasteiger partial charge in [-0.05, 0) is 12.1 Å². The van der Waals surface area contributed by atoms with Crippen molar-refractivity contribution >= 4 is 0 Å². The Morgan fingerprint density at radius 1 is 0.929 bits per heavy atom. The van der Waals surface area contributed by atoms with Crippen LogP contribution in [0.15, 0.2) is 24.5 Å². The van der Waals surface area contributed by atoms with Gasteiger partial charge in [-0.2, -0.15) is 10.2 Å². The van der Waals surface area contributed by atoms with Gasteiger partial charge < -0.3 is 10.2 Å². The van der Waals surface area contributed by atoms with E-state index in [1.807, 2.05) is 0 Å². The van der Waals surface area contributed by atoms with E-state index in [4.69, 9.17) is 0 Å². The zero-order valence-corrected chi connectivity index (χ0v) is 7.15. The second kappa shape index (κ2) is 2.43. The molecule has 0 amide bonds. The van der Waals surface area contributed by atoms with Crippen LogP contribution >= 0.6 is 0 Å². The molecule has 6 heteroatoms. The molecule has 0 unspecified atom stereocenters. The van der Waals surface area contributed by atoms with Crippen LogP contribution in [0.2, 0.25) is 0 Å². The van der Waals surface area contributed by atoms with Gasteiger partial charge in [0, 0.05) is 12.4 Å². The molecule has 2 aromatic rings. The van der Waals surface area contributed by atoms with Gasteiger partial charge in [-0.25, -0.2) is 9.36 Å². The highest BCUT2D eigenvalue weighted by atomic mass is 16.3. The van der Waals surface area contributed by atoms with Crippen molar-refractivity contribution in [2.75, 3.05) is 0 Å². The minimum absolute atomic E-state index is 0.536. The van der Waals surface area contributed by atoms with Crippen LogP contribution < -0.4 is 0 Å². The van der Waals surface area contributed by atoms with Gasteiger partial charge in [-0.3, -0.25) is 0 Å². The largest absolute Gasteiger partial charge is 0.367 e. The summed E-state index contributed by atoms with van der Waals surface area (Å²) in [4.78, 5) is 0. The molecular formula is C8H8N4O2. The average molecular weight is 192 g/mol. The molecule has 0 spiro atoms. The molecule has 6 nitrogen and oxygen atoms in total. The van der Waals surface area contributed by atoms with Crippen LogP contribution in [-0.4, -0.2) is 29.8 Å². The van der Waals surface area contributed by atoms with E-state index in [9.17, 15) is 10.2 Å².